The molecule has 2 fully saturated rings. The van der Waals surface area contributed by atoms with Gasteiger partial charge in [-0.15, -0.1) is 0 Å². The summed E-state index contributed by atoms with van der Waals surface area (Å²) in [6.45, 7) is 5.48. The first-order valence-electron chi connectivity index (χ1n) is 19.5. The van der Waals surface area contributed by atoms with Crippen molar-refractivity contribution in [2.24, 2.45) is 19.5 Å². The van der Waals surface area contributed by atoms with Crippen LogP contribution >= 0.6 is 23.2 Å². The van der Waals surface area contributed by atoms with Gasteiger partial charge >= 0.3 is 0 Å². The molecule has 0 spiro atoms. The predicted octanol–water partition coefficient (Wildman–Crippen LogP) is 7.21. The number of rotatable bonds is 13. The molecule has 2 aliphatic heterocycles. The van der Waals surface area contributed by atoms with Gasteiger partial charge in [0.25, 0.3) is 12.4 Å². The zero-order valence-corrected chi connectivity index (χ0v) is 33.4. The predicted molar refractivity (Wildman–Crippen MR) is 215 cm³/mol. The van der Waals surface area contributed by atoms with Crippen molar-refractivity contribution in [2.45, 2.75) is 76.5 Å². The van der Waals surface area contributed by atoms with Crippen molar-refractivity contribution in [1.29, 1.82) is 0 Å². The lowest BCUT2D eigenvalue weighted by molar-refractivity contribution is -0.142. The Bertz CT molecular complexity index is 2190. The fraction of sp³-hybridized carbons (Fsp3) is 0.476. The number of ether oxygens (including phenoxy) is 1. The van der Waals surface area contributed by atoms with E-state index in [4.69, 9.17) is 32.9 Å². The second-order valence-electron chi connectivity index (χ2n) is 16.1. The molecule has 2 aromatic carbocycles. The normalized spacial score (nSPS) is 22.3. The maximum Gasteiger partial charge on any atom is 0.293 e. The molecule has 11 nitrogen and oxygen atoms in total. The fourth-order valence-corrected chi connectivity index (χ4v) is 10.2. The number of carbonyl (C=O) groups is 2. The fourth-order valence-electron chi connectivity index (χ4n) is 9.61. The summed E-state index contributed by atoms with van der Waals surface area (Å²) in [5.74, 6) is -0.318. The topological polar surface area (TPSA) is 118 Å². The standard InChI is InChI=1S/C42H48Cl2FN7O4/c1-49-34-10-18-51(17-5-21-53)23-32(34)46-38(49)30(45)22-27-6-3-7-28(36(27)43)29-8-4-9-31(37(29)44)48-40(55)39-47-33-24-52(19-11-35(33)50(39)2)20-16-41-12-14-42(25-41,15-13-41)56-26-54/h3-4,6-9,22,26,53H,5,10-21,23-25H2,1-2H3,(H,48,55)/b30-22-. The number of carbonyl (C=O) groups excluding carboxylic acids is 2. The maximum absolute atomic E-state index is 15.9. The van der Waals surface area contributed by atoms with Gasteiger partial charge in [-0.1, -0.05) is 53.5 Å². The third-order valence-corrected chi connectivity index (χ3v) is 13.6. The number of aliphatic hydroxyl groups excluding tert-OH is 1. The van der Waals surface area contributed by atoms with Crippen molar-refractivity contribution in [3.8, 4) is 11.1 Å². The quantitative estimate of drug-likeness (QED) is 0.136. The van der Waals surface area contributed by atoms with Crippen molar-refractivity contribution in [3.05, 3.63) is 86.4 Å². The molecule has 8 rings (SSSR count). The molecule has 0 atom stereocenters. The van der Waals surface area contributed by atoms with Gasteiger partial charge in [0.1, 0.15) is 5.60 Å². The zero-order chi connectivity index (χ0) is 39.2. The first-order chi connectivity index (χ1) is 27.0. The summed E-state index contributed by atoms with van der Waals surface area (Å²) < 4.78 is 25.1. The number of aliphatic hydroxyl groups is 1. The Hall–Kier alpha value is -4.07. The number of benzene rings is 2. The van der Waals surface area contributed by atoms with Crippen LogP contribution in [0.25, 0.3) is 23.0 Å². The SMILES string of the molecule is Cn1c(C(=O)Nc2cccc(-c3cccc(/C=C(\F)c4nc5c(n4C)CCN(CCCO)C5)c3Cl)c2Cl)nc2c1CCN(CCC13CCC(OC=O)(CC1)C3)C2. The average molecular weight is 805 g/mol. The van der Waals surface area contributed by atoms with Crippen LogP contribution in [-0.2, 0) is 49.6 Å². The summed E-state index contributed by atoms with van der Waals surface area (Å²) in [5.41, 5.74) is 5.88. The number of anilines is 1. The lowest BCUT2D eigenvalue weighted by Gasteiger charge is -2.32. The third-order valence-electron chi connectivity index (χ3n) is 12.7. The Kier molecular flexibility index (Phi) is 10.9. The molecule has 1 amide bonds. The van der Waals surface area contributed by atoms with Crippen LogP contribution in [0.1, 0.15) is 89.7 Å². The maximum atomic E-state index is 15.9. The second-order valence-corrected chi connectivity index (χ2v) is 16.8. The summed E-state index contributed by atoms with van der Waals surface area (Å²) in [6.07, 6.45) is 9.78. The number of fused-ring (bicyclic) bond motifs is 4. The van der Waals surface area contributed by atoms with Crippen LogP contribution in [0.15, 0.2) is 36.4 Å². The summed E-state index contributed by atoms with van der Waals surface area (Å²) in [7, 11) is 3.71. The Morgan fingerprint density at radius 1 is 0.911 bits per heavy atom. The molecule has 2 aromatic heterocycles. The van der Waals surface area contributed by atoms with Gasteiger partial charge in [0, 0.05) is 88.8 Å². The molecule has 2 bridgehead atoms. The molecular weight excluding hydrogens is 756 g/mol. The number of nitrogens with zero attached hydrogens (tertiary/aromatic N) is 6. The first kappa shape index (κ1) is 38.8. The van der Waals surface area contributed by atoms with E-state index in [1.165, 1.54) is 6.08 Å². The van der Waals surface area contributed by atoms with Crippen molar-refractivity contribution >= 4 is 53.2 Å². The van der Waals surface area contributed by atoms with E-state index < -0.39 is 5.83 Å². The van der Waals surface area contributed by atoms with Crippen molar-refractivity contribution in [1.82, 2.24) is 28.9 Å². The smallest absolute Gasteiger partial charge is 0.293 e. The summed E-state index contributed by atoms with van der Waals surface area (Å²) in [6, 6.07) is 10.7. The molecule has 296 valence electrons. The molecule has 4 aromatic rings. The van der Waals surface area contributed by atoms with Gasteiger partial charge < -0.3 is 24.3 Å². The van der Waals surface area contributed by atoms with E-state index in [9.17, 15) is 14.7 Å². The van der Waals surface area contributed by atoms with Crippen molar-refractivity contribution in [3.63, 3.8) is 0 Å². The van der Waals surface area contributed by atoms with E-state index in [0.29, 0.717) is 64.2 Å². The Morgan fingerprint density at radius 3 is 2.21 bits per heavy atom. The molecular formula is C42H48Cl2FN7O4. The first-order valence-corrected chi connectivity index (χ1v) is 20.3. The van der Waals surface area contributed by atoms with E-state index in [2.05, 4.69) is 20.1 Å². The van der Waals surface area contributed by atoms with Gasteiger partial charge in [-0.2, -0.15) is 0 Å². The van der Waals surface area contributed by atoms with E-state index >= 15 is 4.39 Å². The zero-order valence-electron chi connectivity index (χ0n) is 31.9. The minimum absolute atomic E-state index is 0.135. The van der Waals surface area contributed by atoms with Crippen LogP contribution in [0.3, 0.4) is 0 Å². The molecule has 56 heavy (non-hydrogen) atoms. The largest absolute Gasteiger partial charge is 0.461 e. The number of nitrogens with one attached hydrogen (secondary N) is 1. The number of halogens is 3. The summed E-state index contributed by atoms with van der Waals surface area (Å²) in [4.78, 5) is 38.9. The molecule has 4 heterocycles. The number of amides is 1. The van der Waals surface area contributed by atoms with Gasteiger partial charge in [-0.05, 0) is 74.6 Å². The highest BCUT2D eigenvalue weighted by molar-refractivity contribution is 6.39. The highest BCUT2D eigenvalue weighted by Crippen LogP contribution is 2.59. The van der Waals surface area contributed by atoms with E-state index in [1.54, 1.807) is 24.3 Å². The number of hydrogen-bond donors (Lipinski definition) is 2. The van der Waals surface area contributed by atoms with E-state index in [1.807, 2.05) is 35.4 Å². The van der Waals surface area contributed by atoms with E-state index in [-0.39, 0.29) is 29.4 Å². The van der Waals surface area contributed by atoms with Crippen LogP contribution in [0, 0.1) is 5.41 Å². The Balaban J connectivity index is 0.953. The van der Waals surface area contributed by atoms with Gasteiger partial charge in [0.05, 0.1) is 27.1 Å². The minimum Gasteiger partial charge on any atom is -0.461 e. The summed E-state index contributed by atoms with van der Waals surface area (Å²) >= 11 is 13.9. The van der Waals surface area contributed by atoms with Gasteiger partial charge in [0.2, 0.25) is 0 Å². The van der Waals surface area contributed by atoms with Crippen molar-refractivity contribution < 1.29 is 23.8 Å². The van der Waals surface area contributed by atoms with Crippen LogP contribution in [0.2, 0.25) is 10.0 Å². The number of imidazole rings is 2. The molecule has 0 unspecified atom stereocenters. The Labute approximate surface area is 336 Å². The lowest BCUT2D eigenvalue weighted by Crippen LogP contribution is -2.34. The van der Waals surface area contributed by atoms with Gasteiger partial charge in [-0.3, -0.25) is 19.4 Å². The molecule has 0 saturated heterocycles. The number of hydrogen-bond acceptors (Lipinski definition) is 8. The lowest BCUT2D eigenvalue weighted by atomic mass is 9.81. The van der Waals surface area contributed by atoms with E-state index in [0.717, 1.165) is 100 Å². The monoisotopic (exact) mass is 803 g/mol. The minimum atomic E-state index is -0.504. The van der Waals surface area contributed by atoms with Crippen LogP contribution < -0.4 is 5.32 Å². The molecule has 2 saturated carbocycles. The van der Waals surface area contributed by atoms with Gasteiger partial charge in [0.15, 0.2) is 17.5 Å². The molecule has 2 aliphatic carbocycles. The van der Waals surface area contributed by atoms with Crippen LogP contribution in [0.5, 0.6) is 0 Å². The Morgan fingerprint density at radius 2 is 1.54 bits per heavy atom. The third kappa shape index (κ3) is 7.30. The molecule has 4 aliphatic rings. The van der Waals surface area contributed by atoms with Crippen LogP contribution in [-0.4, -0.2) is 84.8 Å². The average Bonchev–Trinajstić information content (AvgIpc) is 3.94. The van der Waals surface area contributed by atoms with Crippen LogP contribution in [0.4, 0.5) is 10.1 Å². The molecule has 14 heteroatoms. The highest BCUT2D eigenvalue weighted by Gasteiger charge is 2.55. The highest BCUT2D eigenvalue weighted by atomic mass is 35.5. The number of aromatic nitrogens is 4. The van der Waals surface area contributed by atoms with Crippen molar-refractivity contribution in [2.75, 3.05) is 38.1 Å². The molecule has 0 radical (unpaired) electrons. The second kappa shape index (κ2) is 15.7. The summed E-state index contributed by atoms with van der Waals surface area (Å²) in [5, 5.41) is 12.8. The molecule has 2 N–H and O–H groups in total. The van der Waals surface area contributed by atoms with Gasteiger partial charge in [-0.25, -0.2) is 14.4 Å².